The lowest BCUT2D eigenvalue weighted by molar-refractivity contribution is 0.564. The smallest absolute Gasteiger partial charge is 0.242 e. The summed E-state index contributed by atoms with van der Waals surface area (Å²) >= 11 is 0. The van der Waals surface area contributed by atoms with E-state index in [1.54, 1.807) is 0 Å². The first-order valence-corrected chi connectivity index (χ1v) is 11.4. The first-order valence-electron chi connectivity index (χ1n) is 7.96. The molecule has 0 heterocycles. The van der Waals surface area contributed by atoms with Crippen molar-refractivity contribution in [3.05, 3.63) is 66.7 Å². The minimum atomic E-state index is -1.64. The second-order valence-corrected chi connectivity index (χ2v) is 11.4. The van der Waals surface area contributed by atoms with Crippen LogP contribution in [0.3, 0.4) is 0 Å². The Labute approximate surface area is 137 Å². The number of hydrogen-bond acceptors (Lipinski definition) is 1. The van der Waals surface area contributed by atoms with Gasteiger partial charge < -0.3 is 4.43 Å². The predicted molar refractivity (Wildman–Crippen MR) is 102 cm³/mol. The van der Waals surface area contributed by atoms with Crippen molar-refractivity contribution in [2.75, 3.05) is 0 Å². The highest BCUT2D eigenvalue weighted by Crippen LogP contribution is 2.32. The Hall–Kier alpha value is -2.32. The lowest BCUT2D eigenvalue weighted by Gasteiger charge is -2.20. The molecule has 0 aliphatic heterocycles. The van der Waals surface area contributed by atoms with Gasteiger partial charge in [-0.3, -0.25) is 0 Å². The molecule has 0 aliphatic rings. The van der Waals surface area contributed by atoms with Gasteiger partial charge in [-0.2, -0.15) is 0 Å². The molecule has 0 bridgehead atoms. The minimum absolute atomic E-state index is 0.980. The molecule has 0 aliphatic carbocycles. The first-order chi connectivity index (χ1) is 11.0. The molecular formula is C21H19OSi. The van der Waals surface area contributed by atoms with Crippen LogP contribution in [0.4, 0.5) is 0 Å². The fraction of sp³-hybridized carbons (Fsp3) is 0.143. The predicted octanol–water partition coefficient (Wildman–Crippen LogP) is 6.16. The molecule has 1 radical (unpaired) electrons. The molecule has 0 amide bonds. The van der Waals surface area contributed by atoms with E-state index in [0.717, 1.165) is 16.5 Å². The van der Waals surface area contributed by atoms with Gasteiger partial charge in [0.05, 0.1) is 0 Å². The standard InChI is InChI=1S/C21H19OSi/c1-23(2,3)22-21-10-6-9-17-13-18-11-15-7-4-5-8-16(15)12-19(18)14-20(17)21/h4-8,10-14H,1-3H3. The lowest BCUT2D eigenvalue weighted by atomic mass is 9.99. The Balaban J connectivity index is 2.01. The Morgan fingerprint density at radius 1 is 0.783 bits per heavy atom. The molecule has 0 spiro atoms. The molecule has 113 valence electrons. The van der Waals surface area contributed by atoms with Crippen molar-refractivity contribution in [3.63, 3.8) is 0 Å². The third-order valence-electron chi connectivity index (χ3n) is 4.00. The van der Waals surface area contributed by atoms with Crippen LogP contribution in [-0.2, 0) is 0 Å². The molecule has 0 unspecified atom stereocenters. The fourth-order valence-electron chi connectivity index (χ4n) is 3.03. The van der Waals surface area contributed by atoms with E-state index in [1.807, 2.05) is 12.1 Å². The Morgan fingerprint density at radius 2 is 1.43 bits per heavy atom. The van der Waals surface area contributed by atoms with E-state index >= 15 is 0 Å². The average molecular weight is 315 g/mol. The highest BCUT2D eigenvalue weighted by Gasteiger charge is 2.17. The lowest BCUT2D eigenvalue weighted by Crippen LogP contribution is -2.29. The van der Waals surface area contributed by atoms with E-state index in [1.165, 1.54) is 21.5 Å². The van der Waals surface area contributed by atoms with Crippen LogP contribution in [0.15, 0.2) is 60.7 Å². The average Bonchev–Trinajstić information content (AvgIpc) is 2.50. The molecular weight excluding hydrogens is 296 g/mol. The van der Waals surface area contributed by atoms with Gasteiger partial charge in [-0.05, 0) is 83.0 Å². The van der Waals surface area contributed by atoms with E-state index in [2.05, 4.69) is 74.2 Å². The zero-order valence-corrected chi connectivity index (χ0v) is 14.7. The maximum absolute atomic E-state index is 6.27. The zero-order valence-electron chi connectivity index (χ0n) is 13.7. The van der Waals surface area contributed by atoms with E-state index in [0.29, 0.717) is 0 Å². The van der Waals surface area contributed by atoms with Crippen LogP contribution in [0.1, 0.15) is 0 Å². The van der Waals surface area contributed by atoms with Gasteiger partial charge in [0.15, 0.2) is 0 Å². The Kier molecular flexibility index (Phi) is 3.17. The number of rotatable bonds is 2. The molecule has 0 aromatic heterocycles. The fourth-order valence-corrected chi connectivity index (χ4v) is 3.87. The van der Waals surface area contributed by atoms with Crippen molar-refractivity contribution >= 4 is 40.6 Å². The normalized spacial score (nSPS) is 12.1. The third-order valence-corrected chi connectivity index (χ3v) is 4.83. The van der Waals surface area contributed by atoms with E-state index < -0.39 is 8.32 Å². The topological polar surface area (TPSA) is 9.23 Å². The molecule has 23 heavy (non-hydrogen) atoms. The van der Waals surface area contributed by atoms with E-state index in [4.69, 9.17) is 4.43 Å². The maximum Gasteiger partial charge on any atom is 0.242 e. The van der Waals surface area contributed by atoms with Crippen molar-refractivity contribution in [1.82, 2.24) is 0 Å². The summed E-state index contributed by atoms with van der Waals surface area (Å²) in [6.45, 7) is 6.64. The van der Waals surface area contributed by atoms with Crippen LogP contribution in [0.5, 0.6) is 5.75 Å². The molecule has 1 nitrogen and oxygen atoms in total. The van der Waals surface area contributed by atoms with E-state index in [9.17, 15) is 0 Å². The molecule has 0 atom stereocenters. The number of fused-ring (bicyclic) bond motifs is 3. The Morgan fingerprint density at radius 3 is 2.09 bits per heavy atom. The molecule has 0 saturated carbocycles. The van der Waals surface area contributed by atoms with Gasteiger partial charge in [0.2, 0.25) is 8.32 Å². The summed E-state index contributed by atoms with van der Waals surface area (Å²) in [6.07, 6.45) is 0. The van der Waals surface area contributed by atoms with Crippen LogP contribution >= 0.6 is 0 Å². The quantitative estimate of drug-likeness (QED) is 0.318. The van der Waals surface area contributed by atoms with Gasteiger partial charge in [0.1, 0.15) is 5.75 Å². The molecule has 4 aromatic carbocycles. The monoisotopic (exact) mass is 315 g/mol. The summed E-state index contributed by atoms with van der Waals surface area (Å²) in [5.74, 6) is 0.980. The first kappa shape index (κ1) is 14.3. The summed E-state index contributed by atoms with van der Waals surface area (Å²) in [7, 11) is -1.64. The maximum atomic E-state index is 6.27. The van der Waals surface area contributed by atoms with E-state index in [-0.39, 0.29) is 0 Å². The van der Waals surface area contributed by atoms with Crippen LogP contribution < -0.4 is 4.43 Å². The minimum Gasteiger partial charge on any atom is -0.544 e. The van der Waals surface area contributed by atoms with Gasteiger partial charge in [-0.25, -0.2) is 0 Å². The van der Waals surface area contributed by atoms with Crippen LogP contribution in [0, 0.1) is 6.07 Å². The van der Waals surface area contributed by atoms with Crippen molar-refractivity contribution in [1.29, 1.82) is 0 Å². The summed E-state index contributed by atoms with van der Waals surface area (Å²) < 4.78 is 6.27. The van der Waals surface area contributed by atoms with Crippen LogP contribution in [0.2, 0.25) is 19.6 Å². The van der Waals surface area contributed by atoms with Crippen molar-refractivity contribution in [2.45, 2.75) is 19.6 Å². The second kappa shape index (κ2) is 5.10. The van der Waals surface area contributed by atoms with Gasteiger partial charge in [0, 0.05) is 5.39 Å². The van der Waals surface area contributed by atoms with Gasteiger partial charge in [-0.1, -0.05) is 30.3 Å². The van der Waals surface area contributed by atoms with Gasteiger partial charge in [0.25, 0.3) is 0 Å². The van der Waals surface area contributed by atoms with Gasteiger partial charge in [-0.15, -0.1) is 0 Å². The van der Waals surface area contributed by atoms with Crippen molar-refractivity contribution < 1.29 is 4.43 Å². The summed E-state index contributed by atoms with van der Waals surface area (Å²) in [5.41, 5.74) is 0. The highest BCUT2D eigenvalue weighted by atomic mass is 28.4. The van der Waals surface area contributed by atoms with Crippen LogP contribution in [-0.4, -0.2) is 8.32 Å². The molecule has 4 aromatic rings. The summed E-state index contributed by atoms with van der Waals surface area (Å²) in [4.78, 5) is 0. The molecule has 4 rings (SSSR count). The van der Waals surface area contributed by atoms with Crippen molar-refractivity contribution in [2.24, 2.45) is 0 Å². The van der Waals surface area contributed by atoms with Crippen molar-refractivity contribution in [3.8, 4) is 5.75 Å². The Bertz CT molecular complexity index is 1030. The molecule has 0 saturated heterocycles. The van der Waals surface area contributed by atoms with Crippen LogP contribution in [0.25, 0.3) is 32.3 Å². The third kappa shape index (κ3) is 2.70. The largest absolute Gasteiger partial charge is 0.544 e. The molecule has 0 N–H and O–H groups in total. The zero-order chi connectivity index (χ0) is 16.0. The number of hydrogen-bond donors (Lipinski definition) is 0. The summed E-state index contributed by atoms with van der Waals surface area (Å²) in [6, 6.07) is 24.8. The second-order valence-electron chi connectivity index (χ2n) is 7.00. The SMILES string of the molecule is C[Si](C)(C)Oc1cc[c]c2cc3cc4ccccc4cc3cc12. The molecule has 2 heteroatoms. The highest BCUT2D eigenvalue weighted by molar-refractivity contribution is 6.70. The summed E-state index contributed by atoms with van der Waals surface area (Å²) in [5, 5.41) is 7.30. The van der Waals surface area contributed by atoms with Gasteiger partial charge >= 0.3 is 0 Å². The number of benzene rings is 4. The molecule has 0 fully saturated rings.